The number of hydrogen-bond donors (Lipinski definition) is 1. The Balaban J connectivity index is 1.97. The first-order valence-electron chi connectivity index (χ1n) is 11.3. The van der Waals surface area contributed by atoms with Crippen LogP contribution in [0.5, 0.6) is 0 Å². The van der Waals surface area contributed by atoms with Crippen molar-refractivity contribution in [1.29, 1.82) is 0 Å². The molecule has 0 radical (unpaired) electrons. The Morgan fingerprint density at radius 3 is 2.18 bits per heavy atom. The van der Waals surface area contributed by atoms with Crippen molar-refractivity contribution >= 4 is 28.0 Å². The number of nitrogens with zero attached hydrogens (tertiary/aromatic N) is 2. The fourth-order valence-electron chi connectivity index (χ4n) is 4.10. The SMILES string of the molecule is CCC(CC)=c1ccc(C(F)(F)F)c/c1=C(/C)Nc1nc(-c2ccccc2)nc2ccccc12. The van der Waals surface area contributed by atoms with Gasteiger partial charge in [-0.05, 0) is 49.2 Å². The first kappa shape index (κ1) is 23.5. The van der Waals surface area contributed by atoms with E-state index in [0.717, 1.165) is 46.2 Å². The molecule has 4 rings (SSSR count). The number of fused-ring (bicyclic) bond motifs is 1. The zero-order valence-electron chi connectivity index (χ0n) is 19.4. The maximum absolute atomic E-state index is 13.5. The van der Waals surface area contributed by atoms with Crippen LogP contribution >= 0.6 is 0 Å². The fourth-order valence-corrected chi connectivity index (χ4v) is 4.10. The molecule has 1 N–H and O–H groups in total. The Labute approximate surface area is 196 Å². The molecule has 0 aliphatic carbocycles. The molecule has 1 heterocycles. The van der Waals surface area contributed by atoms with Crippen molar-refractivity contribution in [2.75, 3.05) is 5.32 Å². The zero-order valence-corrected chi connectivity index (χ0v) is 19.4. The molecule has 0 saturated carbocycles. The molecule has 0 aliphatic heterocycles. The molecule has 0 saturated heterocycles. The molecule has 0 atom stereocenters. The molecule has 6 heteroatoms. The van der Waals surface area contributed by atoms with Gasteiger partial charge in [0.05, 0.1) is 11.1 Å². The first-order valence-corrected chi connectivity index (χ1v) is 11.3. The van der Waals surface area contributed by atoms with E-state index in [1.807, 2.05) is 68.4 Å². The molecular weight excluding hydrogens is 435 g/mol. The van der Waals surface area contributed by atoms with Gasteiger partial charge in [-0.3, -0.25) is 0 Å². The molecule has 4 aromatic rings. The highest BCUT2D eigenvalue weighted by atomic mass is 19.4. The summed E-state index contributed by atoms with van der Waals surface area (Å²) in [6, 6.07) is 21.2. The van der Waals surface area contributed by atoms with Crippen molar-refractivity contribution < 1.29 is 13.2 Å². The number of anilines is 1. The van der Waals surface area contributed by atoms with Gasteiger partial charge in [0.15, 0.2) is 5.82 Å². The summed E-state index contributed by atoms with van der Waals surface area (Å²) in [5, 5.41) is 5.46. The molecule has 3 aromatic carbocycles. The highest BCUT2D eigenvalue weighted by Crippen LogP contribution is 2.28. The van der Waals surface area contributed by atoms with Gasteiger partial charge in [-0.25, -0.2) is 9.97 Å². The average Bonchev–Trinajstić information content (AvgIpc) is 2.84. The van der Waals surface area contributed by atoms with Crippen molar-refractivity contribution in [2.45, 2.75) is 39.8 Å². The molecule has 0 amide bonds. The van der Waals surface area contributed by atoms with Gasteiger partial charge in [0.1, 0.15) is 5.82 Å². The minimum atomic E-state index is -4.42. The number of para-hydroxylation sites is 1. The van der Waals surface area contributed by atoms with Crippen LogP contribution in [0.4, 0.5) is 19.0 Å². The molecule has 0 bridgehead atoms. The van der Waals surface area contributed by atoms with Crippen LogP contribution in [0, 0.1) is 0 Å². The third-order valence-corrected chi connectivity index (χ3v) is 5.93. The molecule has 3 nitrogen and oxygen atoms in total. The van der Waals surface area contributed by atoms with E-state index in [1.165, 1.54) is 6.07 Å². The van der Waals surface area contributed by atoms with Crippen LogP contribution in [0.2, 0.25) is 0 Å². The molecule has 0 unspecified atom stereocenters. The second-order valence-corrected chi connectivity index (χ2v) is 8.10. The maximum Gasteiger partial charge on any atom is 0.416 e. The lowest BCUT2D eigenvalue weighted by Gasteiger charge is -2.13. The summed E-state index contributed by atoms with van der Waals surface area (Å²) in [5.74, 6) is 1.10. The summed E-state index contributed by atoms with van der Waals surface area (Å²) in [4.78, 5) is 9.44. The largest absolute Gasteiger partial charge is 0.416 e. The molecule has 0 spiro atoms. The van der Waals surface area contributed by atoms with E-state index in [0.29, 0.717) is 22.6 Å². The predicted molar refractivity (Wildman–Crippen MR) is 132 cm³/mol. The summed E-state index contributed by atoms with van der Waals surface area (Å²) in [6.07, 6.45) is -2.90. The first-order chi connectivity index (χ1) is 16.3. The van der Waals surface area contributed by atoms with Crippen LogP contribution in [0.25, 0.3) is 33.6 Å². The van der Waals surface area contributed by atoms with Gasteiger partial charge in [0.2, 0.25) is 0 Å². The Hall–Kier alpha value is -3.67. The van der Waals surface area contributed by atoms with Crippen molar-refractivity contribution in [3.8, 4) is 11.4 Å². The van der Waals surface area contributed by atoms with Crippen LogP contribution in [0.15, 0.2) is 72.8 Å². The van der Waals surface area contributed by atoms with Crippen molar-refractivity contribution in [1.82, 2.24) is 9.97 Å². The molecule has 1 aromatic heterocycles. The third-order valence-electron chi connectivity index (χ3n) is 5.93. The van der Waals surface area contributed by atoms with E-state index in [1.54, 1.807) is 13.0 Å². The Kier molecular flexibility index (Phi) is 6.68. The van der Waals surface area contributed by atoms with Crippen molar-refractivity contribution in [3.05, 3.63) is 88.8 Å². The summed E-state index contributed by atoms with van der Waals surface area (Å²) in [6.45, 7) is 5.83. The van der Waals surface area contributed by atoms with E-state index in [2.05, 4.69) is 5.32 Å². The average molecular weight is 462 g/mol. The van der Waals surface area contributed by atoms with E-state index < -0.39 is 11.7 Å². The summed E-state index contributed by atoms with van der Waals surface area (Å²) in [5.41, 5.74) is 2.65. The van der Waals surface area contributed by atoms with Crippen LogP contribution in [0.1, 0.15) is 39.2 Å². The number of rotatable bonds is 5. The van der Waals surface area contributed by atoms with Gasteiger partial charge in [-0.2, -0.15) is 13.2 Å². The Bertz CT molecular complexity index is 1440. The summed E-state index contributed by atoms with van der Waals surface area (Å²) < 4.78 is 40.6. The van der Waals surface area contributed by atoms with Crippen LogP contribution in [-0.2, 0) is 6.18 Å². The van der Waals surface area contributed by atoms with E-state index in [-0.39, 0.29) is 0 Å². The Morgan fingerprint density at radius 2 is 1.50 bits per heavy atom. The lowest BCUT2D eigenvalue weighted by molar-refractivity contribution is -0.137. The molecular formula is C28H26F3N3. The van der Waals surface area contributed by atoms with Gasteiger partial charge in [-0.1, -0.05) is 68.0 Å². The molecule has 0 fully saturated rings. The minimum absolute atomic E-state index is 0.525. The lowest BCUT2D eigenvalue weighted by Crippen LogP contribution is -2.32. The smallest absolute Gasteiger partial charge is 0.343 e. The number of halogens is 3. The van der Waals surface area contributed by atoms with Gasteiger partial charge in [0.25, 0.3) is 0 Å². The molecule has 0 aliphatic rings. The highest BCUT2D eigenvalue weighted by Gasteiger charge is 2.30. The van der Waals surface area contributed by atoms with Crippen LogP contribution in [0.3, 0.4) is 0 Å². The van der Waals surface area contributed by atoms with Gasteiger partial charge in [0, 0.05) is 21.9 Å². The highest BCUT2D eigenvalue weighted by molar-refractivity contribution is 5.92. The number of aromatic nitrogens is 2. The lowest BCUT2D eigenvalue weighted by atomic mass is 10.0. The monoisotopic (exact) mass is 461 g/mol. The minimum Gasteiger partial charge on any atom is -0.343 e. The summed E-state index contributed by atoms with van der Waals surface area (Å²) >= 11 is 0. The maximum atomic E-state index is 13.5. The van der Waals surface area contributed by atoms with Gasteiger partial charge < -0.3 is 5.32 Å². The zero-order chi connectivity index (χ0) is 24.3. The van der Waals surface area contributed by atoms with E-state index in [9.17, 15) is 13.2 Å². The van der Waals surface area contributed by atoms with Crippen LogP contribution < -0.4 is 15.8 Å². The molecule has 174 valence electrons. The van der Waals surface area contributed by atoms with E-state index >= 15 is 0 Å². The quantitative estimate of drug-likeness (QED) is 0.367. The van der Waals surface area contributed by atoms with Gasteiger partial charge in [-0.15, -0.1) is 0 Å². The number of alkyl halides is 3. The predicted octanol–water partition coefficient (Wildman–Crippen LogP) is 6.53. The normalized spacial score (nSPS) is 12.5. The van der Waals surface area contributed by atoms with Crippen molar-refractivity contribution in [3.63, 3.8) is 0 Å². The van der Waals surface area contributed by atoms with Crippen molar-refractivity contribution in [2.24, 2.45) is 0 Å². The van der Waals surface area contributed by atoms with E-state index in [4.69, 9.17) is 9.97 Å². The topological polar surface area (TPSA) is 37.8 Å². The van der Waals surface area contributed by atoms with Crippen LogP contribution in [-0.4, -0.2) is 9.97 Å². The third kappa shape index (κ3) is 4.81. The standard InChI is InChI=1S/C28H26F3N3/c1-4-19(5-2)22-16-15-21(28(29,30)31)17-24(22)18(3)32-27-23-13-9-10-14-25(23)33-26(34-27)20-11-7-6-8-12-20/h6-17H,4-5H2,1-3H3,(H,32,33,34)/b24-18+. The number of nitrogens with one attached hydrogen (secondary N) is 1. The number of hydrogen-bond acceptors (Lipinski definition) is 3. The Morgan fingerprint density at radius 1 is 0.824 bits per heavy atom. The second kappa shape index (κ2) is 9.67. The fraction of sp³-hybridized carbons (Fsp3) is 0.214. The summed E-state index contributed by atoms with van der Waals surface area (Å²) in [7, 11) is 0. The second-order valence-electron chi connectivity index (χ2n) is 8.10. The van der Waals surface area contributed by atoms with Gasteiger partial charge >= 0.3 is 6.18 Å². The number of benzene rings is 3. The molecule has 34 heavy (non-hydrogen) atoms.